The number of alkyl halides is 9. The molecule has 1 N–H and O–H groups in total. The van der Waals surface area contributed by atoms with Crippen molar-refractivity contribution in [3.63, 3.8) is 0 Å². The molecule has 0 saturated carbocycles. The van der Waals surface area contributed by atoms with E-state index in [1.54, 1.807) is 0 Å². The number of hydrogen-bond donors (Lipinski definition) is 1. The molecule has 0 atom stereocenters. The SMILES string of the molecule is N#Cc1ccc(NS(=O)(=O)c2cc(C(F)(F)F)cc(C(F)(F)F)c2)c(OC(F)(F)F)c1. The van der Waals surface area contributed by atoms with Crippen LogP contribution in [0.15, 0.2) is 41.3 Å². The van der Waals surface area contributed by atoms with E-state index in [0.717, 1.165) is 6.07 Å². The summed E-state index contributed by atoms with van der Waals surface area (Å²) in [6, 6.07) is 2.82. The Morgan fingerprint density at radius 3 is 1.77 bits per heavy atom. The Labute approximate surface area is 167 Å². The second kappa shape index (κ2) is 7.84. The van der Waals surface area contributed by atoms with Gasteiger partial charge < -0.3 is 4.74 Å². The predicted octanol–water partition coefficient (Wildman–Crippen LogP) is 5.30. The molecule has 0 saturated heterocycles. The highest BCUT2D eigenvalue weighted by molar-refractivity contribution is 7.92. The molecule has 0 amide bonds. The van der Waals surface area contributed by atoms with Gasteiger partial charge in [0.05, 0.1) is 33.3 Å². The van der Waals surface area contributed by atoms with Gasteiger partial charge in [0.2, 0.25) is 0 Å². The van der Waals surface area contributed by atoms with E-state index in [0.29, 0.717) is 12.1 Å². The van der Waals surface area contributed by atoms with Crippen LogP contribution in [0.4, 0.5) is 45.2 Å². The van der Waals surface area contributed by atoms with Gasteiger partial charge in [0.1, 0.15) is 0 Å². The highest BCUT2D eigenvalue weighted by Crippen LogP contribution is 2.38. The molecule has 0 heterocycles. The van der Waals surface area contributed by atoms with Crippen molar-refractivity contribution >= 4 is 15.7 Å². The van der Waals surface area contributed by atoms with Crippen molar-refractivity contribution < 1.29 is 52.7 Å². The van der Waals surface area contributed by atoms with Gasteiger partial charge in [0.15, 0.2) is 5.75 Å². The van der Waals surface area contributed by atoms with E-state index in [9.17, 15) is 47.9 Å². The largest absolute Gasteiger partial charge is 0.573 e. The molecule has 0 aliphatic heterocycles. The molecule has 2 rings (SSSR count). The first-order valence-corrected chi connectivity index (χ1v) is 9.03. The van der Waals surface area contributed by atoms with Crippen LogP contribution in [0.3, 0.4) is 0 Å². The minimum Gasteiger partial charge on any atom is -0.403 e. The molecule has 0 radical (unpaired) electrons. The average Bonchev–Trinajstić information content (AvgIpc) is 2.60. The lowest BCUT2D eigenvalue weighted by atomic mass is 10.1. The number of halogens is 9. The molecular formula is C16H7F9N2O3S. The van der Waals surface area contributed by atoms with Crippen LogP contribution in [0, 0.1) is 11.3 Å². The minimum absolute atomic E-state index is 0.120. The fourth-order valence-electron chi connectivity index (χ4n) is 2.17. The van der Waals surface area contributed by atoms with E-state index in [4.69, 9.17) is 5.26 Å². The number of anilines is 1. The van der Waals surface area contributed by atoms with Gasteiger partial charge in [-0.1, -0.05) is 0 Å². The third-order valence-electron chi connectivity index (χ3n) is 3.45. The summed E-state index contributed by atoms with van der Waals surface area (Å²) in [6.45, 7) is 0. The maximum atomic E-state index is 12.9. The molecule has 2 aromatic carbocycles. The van der Waals surface area contributed by atoms with E-state index in [1.165, 1.54) is 10.8 Å². The van der Waals surface area contributed by atoms with Crippen molar-refractivity contribution in [1.29, 1.82) is 5.26 Å². The Morgan fingerprint density at radius 1 is 0.839 bits per heavy atom. The zero-order valence-corrected chi connectivity index (χ0v) is 15.3. The lowest BCUT2D eigenvalue weighted by Crippen LogP contribution is -2.21. The molecule has 0 spiro atoms. The maximum absolute atomic E-state index is 12.9. The van der Waals surface area contributed by atoms with Crippen LogP contribution in [0.25, 0.3) is 0 Å². The Kier molecular flexibility index (Phi) is 6.10. The van der Waals surface area contributed by atoms with Gasteiger partial charge in [-0.25, -0.2) is 8.42 Å². The van der Waals surface area contributed by atoms with E-state index < -0.39 is 61.8 Å². The van der Waals surface area contributed by atoms with Crippen molar-refractivity contribution in [2.24, 2.45) is 0 Å². The quantitative estimate of drug-likeness (QED) is 0.606. The number of nitriles is 1. The fraction of sp³-hybridized carbons (Fsp3) is 0.188. The van der Waals surface area contributed by atoms with E-state index in [2.05, 4.69) is 4.74 Å². The molecule has 168 valence electrons. The molecule has 0 unspecified atom stereocenters. The zero-order valence-electron chi connectivity index (χ0n) is 14.4. The van der Waals surface area contributed by atoms with Gasteiger partial charge in [0, 0.05) is 6.07 Å². The average molecular weight is 478 g/mol. The van der Waals surface area contributed by atoms with Gasteiger partial charge in [-0.2, -0.15) is 31.6 Å². The van der Waals surface area contributed by atoms with Crippen LogP contribution in [0.5, 0.6) is 5.75 Å². The fourth-order valence-corrected chi connectivity index (χ4v) is 3.31. The van der Waals surface area contributed by atoms with Gasteiger partial charge >= 0.3 is 18.7 Å². The van der Waals surface area contributed by atoms with Gasteiger partial charge in [-0.05, 0) is 30.3 Å². The minimum atomic E-state index is -5.36. The maximum Gasteiger partial charge on any atom is 0.573 e. The smallest absolute Gasteiger partial charge is 0.403 e. The lowest BCUT2D eigenvalue weighted by Gasteiger charge is -2.17. The number of nitrogens with zero attached hydrogens (tertiary/aromatic N) is 1. The number of ether oxygens (including phenoxy) is 1. The van der Waals surface area contributed by atoms with Crippen molar-refractivity contribution in [3.8, 4) is 11.8 Å². The highest BCUT2D eigenvalue weighted by atomic mass is 32.2. The van der Waals surface area contributed by atoms with Crippen LogP contribution in [-0.4, -0.2) is 14.8 Å². The first kappa shape index (κ1) is 24.1. The van der Waals surface area contributed by atoms with Gasteiger partial charge in [-0.15, -0.1) is 13.2 Å². The van der Waals surface area contributed by atoms with E-state index >= 15 is 0 Å². The molecule has 0 fully saturated rings. The van der Waals surface area contributed by atoms with Crippen molar-refractivity contribution in [1.82, 2.24) is 0 Å². The van der Waals surface area contributed by atoms with Gasteiger partial charge in [0.25, 0.3) is 10.0 Å². The number of benzene rings is 2. The van der Waals surface area contributed by atoms with E-state index in [-0.39, 0.29) is 18.2 Å². The summed E-state index contributed by atoms with van der Waals surface area (Å²) >= 11 is 0. The van der Waals surface area contributed by atoms with Crippen LogP contribution in [0.1, 0.15) is 16.7 Å². The topological polar surface area (TPSA) is 79.2 Å². The molecule has 0 aliphatic carbocycles. The van der Waals surface area contributed by atoms with Crippen molar-refractivity contribution in [2.75, 3.05) is 4.72 Å². The van der Waals surface area contributed by atoms with Crippen molar-refractivity contribution in [3.05, 3.63) is 53.1 Å². The summed E-state index contributed by atoms with van der Waals surface area (Å²) in [5, 5.41) is 8.74. The first-order valence-electron chi connectivity index (χ1n) is 7.54. The molecule has 0 bridgehead atoms. The number of rotatable bonds is 4. The second-order valence-corrected chi connectivity index (χ2v) is 7.40. The molecule has 5 nitrogen and oxygen atoms in total. The number of nitrogens with one attached hydrogen (secondary N) is 1. The Bertz CT molecular complexity index is 1100. The molecule has 31 heavy (non-hydrogen) atoms. The van der Waals surface area contributed by atoms with Crippen LogP contribution in [0.2, 0.25) is 0 Å². The Balaban J connectivity index is 2.61. The summed E-state index contributed by atoms with van der Waals surface area (Å²) in [5.41, 5.74) is -5.29. The van der Waals surface area contributed by atoms with Crippen molar-refractivity contribution in [2.45, 2.75) is 23.6 Å². The molecule has 0 aromatic heterocycles. The molecule has 15 heteroatoms. The first-order chi connectivity index (χ1) is 13.9. The molecular weight excluding hydrogens is 471 g/mol. The van der Waals surface area contributed by atoms with E-state index in [1.807, 2.05) is 0 Å². The monoisotopic (exact) mass is 478 g/mol. The summed E-state index contributed by atoms with van der Waals surface area (Å²) in [6.07, 6.45) is -16.1. The van der Waals surface area contributed by atoms with Crippen LogP contribution < -0.4 is 9.46 Å². The molecule has 0 aliphatic rings. The van der Waals surface area contributed by atoms with Crippen LogP contribution >= 0.6 is 0 Å². The summed E-state index contributed by atoms with van der Waals surface area (Å²) in [5.74, 6) is -1.25. The number of hydrogen-bond acceptors (Lipinski definition) is 4. The Morgan fingerprint density at radius 2 is 1.35 bits per heavy atom. The molecule has 2 aromatic rings. The third-order valence-corrected chi connectivity index (χ3v) is 4.80. The number of sulfonamides is 1. The normalized spacial score (nSPS) is 12.9. The Hall–Kier alpha value is -3.15. The second-order valence-electron chi connectivity index (χ2n) is 5.72. The standard InChI is InChI=1S/C16H7F9N2O3S/c17-14(18,19)9-4-10(15(20,21)22)6-11(5-9)31(28,29)27-12-2-1-8(7-26)3-13(12)30-16(23,24)25/h1-6,27H. The zero-order chi connectivity index (χ0) is 23.8. The summed E-state index contributed by atoms with van der Waals surface area (Å²) in [7, 11) is -5.26. The highest BCUT2D eigenvalue weighted by Gasteiger charge is 2.38. The third kappa shape index (κ3) is 6.17. The van der Waals surface area contributed by atoms with Gasteiger partial charge in [-0.3, -0.25) is 4.72 Å². The summed E-state index contributed by atoms with van der Waals surface area (Å²) in [4.78, 5) is -1.52. The summed E-state index contributed by atoms with van der Waals surface area (Å²) < 4.78 is 145. The lowest BCUT2D eigenvalue weighted by molar-refractivity contribution is -0.274. The van der Waals surface area contributed by atoms with Crippen LogP contribution in [-0.2, 0) is 22.4 Å². The predicted molar refractivity (Wildman–Crippen MR) is 85.1 cm³/mol.